The lowest BCUT2D eigenvalue weighted by molar-refractivity contribution is -0.597. The van der Waals surface area contributed by atoms with Crippen molar-refractivity contribution in [2.45, 2.75) is 0 Å². The zero-order valence-corrected chi connectivity index (χ0v) is 9.40. The number of hydrogen-bond donors (Lipinski definition) is 1. The van der Waals surface area contributed by atoms with Crippen molar-refractivity contribution in [1.82, 2.24) is 0 Å². The van der Waals surface area contributed by atoms with Gasteiger partial charge in [-0.2, -0.15) is 15.8 Å². The molecule has 0 atom stereocenters. The third-order valence-electron chi connectivity index (χ3n) is 1.05. The van der Waals surface area contributed by atoms with E-state index in [1.165, 1.54) is 24.1 Å². The molecule has 0 aliphatic carbocycles. The van der Waals surface area contributed by atoms with E-state index < -0.39 is 17.0 Å². The molecule has 6 heteroatoms. The molecule has 0 radical (unpaired) electrons. The number of nitriles is 3. The predicted molar refractivity (Wildman–Crippen MR) is 59.8 cm³/mol. The van der Waals surface area contributed by atoms with Gasteiger partial charge in [0.05, 0.1) is 19.7 Å². The van der Waals surface area contributed by atoms with Crippen LogP contribution in [0.4, 0.5) is 4.39 Å². The maximum absolute atomic E-state index is 12.8. The molecular weight excluding hydrogens is 221 g/mol. The highest BCUT2D eigenvalue weighted by Crippen LogP contribution is 2.05. The lowest BCUT2D eigenvalue weighted by Gasteiger charge is -1.87. The van der Waals surface area contributed by atoms with Crippen LogP contribution in [0.25, 0.3) is 5.41 Å². The molecule has 0 aliphatic rings. The first-order valence-corrected chi connectivity index (χ1v) is 4.39. The fourth-order valence-electron chi connectivity index (χ4n) is 0.497. The van der Waals surface area contributed by atoms with Crippen molar-refractivity contribution in [3.63, 3.8) is 0 Å². The van der Waals surface area contributed by atoms with Gasteiger partial charge in [-0.05, 0) is 6.08 Å². The number of halogens is 1. The van der Waals surface area contributed by atoms with Crippen LogP contribution in [0.1, 0.15) is 0 Å². The van der Waals surface area contributed by atoms with Gasteiger partial charge >= 0.3 is 0 Å². The molecular formula is C11H10FN5. The predicted octanol–water partition coefficient (Wildman–Crippen LogP) is 0.312. The number of rotatable bonds is 2. The number of nitrogens with two attached hydrogens (primary N) is 1. The monoisotopic (exact) mass is 231 g/mol. The normalized spacial score (nSPS) is 8.12. The highest BCUT2D eigenvalue weighted by molar-refractivity contribution is 5.70. The van der Waals surface area contributed by atoms with Crippen molar-refractivity contribution in [2.75, 3.05) is 14.1 Å². The highest BCUT2D eigenvalue weighted by Gasteiger charge is 1.96. The van der Waals surface area contributed by atoms with Gasteiger partial charge in [0, 0.05) is 6.08 Å². The summed E-state index contributed by atoms with van der Waals surface area (Å²) in [7, 11) is 4.00. The first kappa shape index (κ1) is 16.7. The molecule has 0 saturated heterocycles. The molecule has 86 valence electrons. The molecule has 0 saturated carbocycles. The molecule has 0 aliphatic heterocycles. The molecule has 0 bridgehead atoms. The van der Waals surface area contributed by atoms with Crippen LogP contribution >= 0.6 is 0 Å². The topological polar surface area (TPSA) is 110 Å². The van der Waals surface area contributed by atoms with E-state index in [1.807, 2.05) is 19.4 Å². The van der Waals surface area contributed by atoms with E-state index in [-0.39, 0.29) is 0 Å². The van der Waals surface area contributed by atoms with Gasteiger partial charge in [-0.1, -0.05) is 0 Å². The molecule has 0 unspecified atom stereocenters. The summed E-state index contributed by atoms with van der Waals surface area (Å²) in [6.07, 6.45) is 1.29. The van der Waals surface area contributed by atoms with Crippen LogP contribution in [0.5, 0.6) is 0 Å². The van der Waals surface area contributed by atoms with E-state index in [4.69, 9.17) is 21.2 Å². The average molecular weight is 231 g/mol. The number of quaternary nitrogens is 1. The van der Waals surface area contributed by atoms with Gasteiger partial charge in [0.2, 0.25) is 0 Å². The molecule has 0 heterocycles. The van der Waals surface area contributed by atoms with Crippen LogP contribution in [0.3, 0.4) is 0 Å². The van der Waals surface area contributed by atoms with Gasteiger partial charge in [0.15, 0.2) is 0 Å². The zero-order valence-electron chi connectivity index (χ0n) is 9.40. The van der Waals surface area contributed by atoms with Crippen molar-refractivity contribution >= 4 is 5.87 Å². The van der Waals surface area contributed by atoms with Gasteiger partial charge < -0.3 is 10.7 Å². The molecule has 2 N–H and O–H groups in total. The van der Waals surface area contributed by atoms with Gasteiger partial charge in [-0.3, -0.25) is 5.87 Å². The van der Waals surface area contributed by atoms with Crippen LogP contribution in [0.2, 0.25) is 0 Å². The third kappa shape index (κ3) is 9.59. The third-order valence-corrected chi connectivity index (χ3v) is 1.05. The summed E-state index contributed by atoms with van der Waals surface area (Å²) >= 11 is 0. The lowest BCUT2D eigenvalue weighted by Crippen LogP contribution is -2.74. The summed E-state index contributed by atoms with van der Waals surface area (Å²) < 4.78 is 12.8. The molecule has 0 aromatic carbocycles. The Morgan fingerprint density at radius 3 is 1.88 bits per heavy atom. The quantitative estimate of drug-likeness (QED) is 0.419. The van der Waals surface area contributed by atoms with Crippen LogP contribution in [-0.4, -0.2) is 20.0 Å². The minimum Gasteiger partial charge on any atom is -0.762 e. The summed E-state index contributed by atoms with van der Waals surface area (Å²) in [6.45, 7) is 0. The minimum absolute atomic E-state index is 0.436. The van der Waals surface area contributed by atoms with Gasteiger partial charge in [-0.15, -0.1) is 0 Å². The van der Waals surface area contributed by atoms with Crippen molar-refractivity contribution < 1.29 is 9.71 Å². The molecule has 0 spiro atoms. The maximum atomic E-state index is 12.8. The second-order valence-corrected chi connectivity index (χ2v) is 2.53. The summed E-state index contributed by atoms with van der Waals surface area (Å²) in [5, 5.41) is 35.0. The molecule has 0 aromatic heterocycles. The second kappa shape index (κ2) is 11.4. The van der Waals surface area contributed by atoms with E-state index >= 15 is 0 Å². The Bertz CT molecular complexity index is 459. The van der Waals surface area contributed by atoms with E-state index in [0.29, 0.717) is 12.2 Å². The van der Waals surface area contributed by atoms with Crippen LogP contribution in [0, 0.1) is 34.0 Å². The Balaban J connectivity index is 0. The van der Waals surface area contributed by atoms with Crippen molar-refractivity contribution in [1.29, 1.82) is 15.8 Å². The van der Waals surface area contributed by atoms with Crippen molar-refractivity contribution in [3.05, 3.63) is 34.5 Å². The van der Waals surface area contributed by atoms with Crippen molar-refractivity contribution in [3.8, 4) is 18.2 Å². The largest absolute Gasteiger partial charge is 0.762 e. The summed E-state index contributed by atoms with van der Waals surface area (Å²) in [5.41, 5.74) is -0.872. The first-order chi connectivity index (χ1) is 8.09. The number of hydrogen-bond acceptors (Lipinski definition) is 3. The first-order valence-electron chi connectivity index (χ1n) is 4.39. The fourth-order valence-corrected chi connectivity index (χ4v) is 0.497. The SMILES string of the molecule is C[NH2+]C.N#CC(=C=[N-])/C=C(/F)C=C(C#N)C#N. The van der Waals surface area contributed by atoms with Gasteiger partial charge in [0.1, 0.15) is 29.6 Å². The fraction of sp³-hybridized carbons (Fsp3) is 0.182. The van der Waals surface area contributed by atoms with Crippen LogP contribution < -0.4 is 5.32 Å². The Hall–Kier alpha value is -2.71. The molecule has 17 heavy (non-hydrogen) atoms. The lowest BCUT2D eigenvalue weighted by atomic mass is 10.2. The summed E-state index contributed by atoms with van der Waals surface area (Å²) in [5.74, 6) is 0.451. The smallest absolute Gasteiger partial charge is 0.132 e. The van der Waals surface area contributed by atoms with E-state index in [9.17, 15) is 4.39 Å². The highest BCUT2D eigenvalue weighted by atomic mass is 19.1. The molecule has 0 aromatic rings. The summed E-state index contributed by atoms with van der Waals surface area (Å²) in [6, 6.07) is 4.31. The zero-order chi connectivity index (χ0) is 13.7. The summed E-state index contributed by atoms with van der Waals surface area (Å²) in [4.78, 5) is 0. The molecule has 0 amide bonds. The van der Waals surface area contributed by atoms with E-state index in [1.54, 1.807) is 0 Å². The van der Waals surface area contributed by atoms with Crippen LogP contribution in [-0.2, 0) is 0 Å². The Labute approximate surface area is 98.9 Å². The van der Waals surface area contributed by atoms with E-state index in [0.717, 1.165) is 0 Å². The number of allylic oxidation sites excluding steroid dienone is 5. The average Bonchev–Trinajstić information content (AvgIpc) is 2.34. The minimum atomic E-state index is -0.985. The number of nitrogens with zero attached hydrogens (tertiary/aromatic N) is 4. The standard InChI is InChI=1S/C9H2FN4.C2H7N/c10-9(1-7(3-11)4-12)2-8(5-13)6-14;1-3-2/h1-2H;3H,1-2H3/q-1;/p+1/b9-1+;. The Morgan fingerprint density at radius 1 is 1.12 bits per heavy atom. The Kier molecular flexibility index (Phi) is 11.2. The van der Waals surface area contributed by atoms with E-state index in [2.05, 4.69) is 0 Å². The van der Waals surface area contributed by atoms with Gasteiger partial charge in [-0.25, -0.2) is 4.39 Å². The Morgan fingerprint density at radius 2 is 1.59 bits per heavy atom. The molecule has 0 rings (SSSR count). The van der Waals surface area contributed by atoms with Crippen molar-refractivity contribution in [2.24, 2.45) is 0 Å². The molecule has 5 nitrogen and oxygen atoms in total. The molecule has 0 fully saturated rings. The van der Waals surface area contributed by atoms with Crippen LogP contribution in [0.15, 0.2) is 29.1 Å². The van der Waals surface area contributed by atoms with Gasteiger partial charge in [0.25, 0.3) is 0 Å². The second-order valence-electron chi connectivity index (χ2n) is 2.53. The maximum Gasteiger partial charge on any atom is 0.132 e.